The van der Waals surface area contributed by atoms with Crippen molar-refractivity contribution in [3.63, 3.8) is 0 Å². The van der Waals surface area contributed by atoms with E-state index in [1.807, 2.05) is 25.9 Å². The Morgan fingerprint density at radius 1 is 1.32 bits per heavy atom. The van der Waals surface area contributed by atoms with Crippen LogP contribution in [-0.4, -0.2) is 50.8 Å². The predicted molar refractivity (Wildman–Crippen MR) is 120 cm³/mol. The van der Waals surface area contributed by atoms with Gasteiger partial charge in [-0.2, -0.15) is 0 Å². The summed E-state index contributed by atoms with van der Waals surface area (Å²) in [4.78, 5) is 11.2. The molecule has 0 aliphatic rings. The molecule has 6 nitrogen and oxygen atoms in total. The van der Waals surface area contributed by atoms with Crippen LogP contribution >= 0.6 is 35.3 Å². The number of aromatic nitrogens is 1. The van der Waals surface area contributed by atoms with Crippen molar-refractivity contribution in [3.05, 3.63) is 11.1 Å². The van der Waals surface area contributed by atoms with Crippen LogP contribution in [0.15, 0.2) is 10.4 Å². The van der Waals surface area contributed by atoms with Gasteiger partial charge in [-0.25, -0.2) is 9.98 Å². The van der Waals surface area contributed by atoms with Crippen molar-refractivity contribution in [1.29, 1.82) is 0 Å². The first-order chi connectivity index (χ1) is 11.5. The fourth-order valence-corrected chi connectivity index (χ4v) is 2.98. The number of halogens is 1. The van der Waals surface area contributed by atoms with Gasteiger partial charge < -0.3 is 20.3 Å². The van der Waals surface area contributed by atoms with Crippen molar-refractivity contribution in [2.24, 2.45) is 10.9 Å². The van der Waals surface area contributed by atoms with Gasteiger partial charge >= 0.3 is 0 Å². The summed E-state index contributed by atoms with van der Waals surface area (Å²) in [5, 5.41) is 9.74. The molecule has 0 bridgehead atoms. The average molecular weight is 483 g/mol. The van der Waals surface area contributed by atoms with Crippen molar-refractivity contribution in [1.82, 2.24) is 15.6 Å². The van der Waals surface area contributed by atoms with E-state index in [1.54, 1.807) is 11.3 Å². The Morgan fingerprint density at radius 2 is 2.04 bits per heavy atom. The molecule has 1 aromatic heterocycles. The number of ether oxygens (including phenoxy) is 1. The number of anilines is 1. The van der Waals surface area contributed by atoms with E-state index in [0.717, 1.165) is 42.9 Å². The van der Waals surface area contributed by atoms with Crippen molar-refractivity contribution < 1.29 is 4.74 Å². The Bertz CT molecular complexity index is 493. The third-order valence-corrected chi connectivity index (χ3v) is 4.57. The lowest BCUT2D eigenvalue weighted by atomic mass is 10.0. The highest BCUT2D eigenvalue weighted by atomic mass is 127. The molecule has 1 heterocycles. The highest BCUT2D eigenvalue weighted by Gasteiger charge is 2.13. The second kappa shape index (κ2) is 13.6. The third-order valence-electron chi connectivity index (χ3n) is 3.51. The van der Waals surface area contributed by atoms with Gasteiger partial charge in [-0.3, -0.25) is 0 Å². The molecule has 0 radical (unpaired) electrons. The summed E-state index contributed by atoms with van der Waals surface area (Å²) in [5.41, 5.74) is 0.996. The van der Waals surface area contributed by atoms with Gasteiger partial charge in [-0.15, -0.1) is 35.3 Å². The first kappa shape index (κ1) is 24.4. The minimum atomic E-state index is 0. The molecule has 0 saturated carbocycles. The maximum absolute atomic E-state index is 5.79. The molecule has 25 heavy (non-hydrogen) atoms. The van der Waals surface area contributed by atoms with E-state index in [1.165, 1.54) is 0 Å². The van der Waals surface area contributed by atoms with Crippen molar-refractivity contribution in [2.45, 2.75) is 46.8 Å². The summed E-state index contributed by atoms with van der Waals surface area (Å²) in [6.45, 7) is 11.5. The Hall–Kier alpha value is -0.610. The number of nitrogens with zero attached hydrogens (tertiary/aromatic N) is 3. The summed E-state index contributed by atoms with van der Waals surface area (Å²) in [7, 11) is 4.00. The average Bonchev–Trinajstić information content (AvgIpc) is 3.00. The molecule has 2 N–H and O–H groups in total. The van der Waals surface area contributed by atoms with E-state index in [-0.39, 0.29) is 30.1 Å². The lowest BCUT2D eigenvalue weighted by Crippen LogP contribution is -2.39. The molecule has 1 rings (SSSR count). The van der Waals surface area contributed by atoms with Crippen molar-refractivity contribution >= 4 is 46.4 Å². The number of hydrogen-bond acceptors (Lipinski definition) is 5. The Morgan fingerprint density at radius 3 is 2.56 bits per heavy atom. The number of rotatable bonds is 10. The topological polar surface area (TPSA) is 61.8 Å². The van der Waals surface area contributed by atoms with Gasteiger partial charge in [-0.1, -0.05) is 13.8 Å². The summed E-state index contributed by atoms with van der Waals surface area (Å²) in [5.74, 6) is 1.35. The van der Waals surface area contributed by atoms with Crippen LogP contribution in [-0.2, 0) is 11.3 Å². The second-order valence-electron chi connectivity index (χ2n) is 6.16. The number of guanidine groups is 1. The van der Waals surface area contributed by atoms with Crippen LogP contribution in [0.5, 0.6) is 0 Å². The molecule has 1 atom stereocenters. The summed E-state index contributed by atoms with van der Waals surface area (Å²) < 4.78 is 5.79. The van der Waals surface area contributed by atoms with Crippen LogP contribution in [0.1, 0.15) is 39.8 Å². The molecule has 1 aromatic rings. The van der Waals surface area contributed by atoms with Gasteiger partial charge in [0.2, 0.25) is 0 Å². The summed E-state index contributed by atoms with van der Waals surface area (Å²) in [6, 6.07) is 0. The van der Waals surface area contributed by atoms with Gasteiger partial charge in [0.05, 0.1) is 18.3 Å². The number of aliphatic imine (C=N–C) groups is 1. The Balaban J connectivity index is 0.00000576. The maximum atomic E-state index is 5.79. The Labute approximate surface area is 173 Å². The molecule has 1 unspecified atom stereocenters. The molecule has 0 aliphatic heterocycles. The zero-order valence-corrected chi connectivity index (χ0v) is 19.5. The molecule has 0 aromatic carbocycles. The lowest BCUT2D eigenvalue weighted by Gasteiger charge is -2.21. The molecular weight excluding hydrogens is 449 g/mol. The second-order valence-corrected chi connectivity index (χ2v) is 7.00. The molecule has 0 aliphatic carbocycles. The van der Waals surface area contributed by atoms with E-state index in [2.05, 4.69) is 46.8 Å². The number of hydrogen-bond donors (Lipinski definition) is 2. The standard InChI is InChI=1S/C17H33N5OS.HI/c1-7-18-16(19-10-9-15(13(3)4)23-8-2)20-11-14-12-24-17(21-14)22(5)6;/h12-13,15H,7-11H2,1-6H3,(H2,18,19,20);1H. The lowest BCUT2D eigenvalue weighted by molar-refractivity contribution is 0.0258. The number of nitrogens with one attached hydrogen (secondary N) is 2. The zero-order chi connectivity index (χ0) is 17.9. The van der Waals surface area contributed by atoms with E-state index >= 15 is 0 Å². The molecule has 0 amide bonds. The SMILES string of the molecule is CCNC(=NCc1csc(N(C)C)n1)NCCC(OCC)C(C)C.I. The van der Waals surface area contributed by atoms with Crippen molar-refractivity contribution in [2.75, 3.05) is 38.7 Å². The molecule has 0 spiro atoms. The van der Waals surface area contributed by atoms with E-state index < -0.39 is 0 Å². The maximum Gasteiger partial charge on any atom is 0.191 e. The van der Waals surface area contributed by atoms with Gasteiger partial charge in [-0.05, 0) is 26.2 Å². The highest BCUT2D eigenvalue weighted by Crippen LogP contribution is 2.18. The van der Waals surface area contributed by atoms with Crippen LogP contribution in [0, 0.1) is 5.92 Å². The van der Waals surface area contributed by atoms with E-state index in [9.17, 15) is 0 Å². The van der Waals surface area contributed by atoms with Gasteiger partial charge in [0.15, 0.2) is 11.1 Å². The van der Waals surface area contributed by atoms with E-state index in [0.29, 0.717) is 12.5 Å². The first-order valence-electron chi connectivity index (χ1n) is 8.73. The van der Waals surface area contributed by atoms with Crippen LogP contribution in [0.2, 0.25) is 0 Å². The smallest absolute Gasteiger partial charge is 0.191 e. The highest BCUT2D eigenvalue weighted by molar-refractivity contribution is 14.0. The van der Waals surface area contributed by atoms with Gasteiger partial charge in [0.25, 0.3) is 0 Å². The molecular formula is C17H34IN5OS. The van der Waals surface area contributed by atoms with Crippen LogP contribution in [0.4, 0.5) is 5.13 Å². The van der Waals surface area contributed by atoms with Crippen molar-refractivity contribution in [3.8, 4) is 0 Å². The first-order valence-corrected chi connectivity index (χ1v) is 9.61. The Kier molecular flexibility index (Phi) is 13.2. The fourth-order valence-electron chi connectivity index (χ4n) is 2.23. The third kappa shape index (κ3) is 9.60. The predicted octanol–water partition coefficient (Wildman–Crippen LogP) is 3.33. The van der Waals surface area contributed by atoms with Crippen LogP contribution in [0.3, 0.4) is 0 Å². The molecule has 8 heteroatoms. The largest absolute Gasteiger partial charge is 0.378 e. The normalized spacial score (nSPS) is 12.7. The molecule has 0 fully saturated rings. The van der Waals surface area contributed by atoms with Gasteiger partial charge in [0, 0.05) is 39.2 Å². The molecule has 0 saturated heterocycles. The monoisotopic (exact) mass is 483 g/mol. The van der Waals surface area contributed by atoms with Crippen LogP contribution < -0.4 is 15.5 Å². The van der Waals surface area contributed by atoms with E-state index in [4.69, 9.17) is 4.74 Å². The molecule has 146 valence electrons. The zero-order valence-electron chi connectivity index (χ0n) is 16.3. The van der Waals surface area contributed by atoms with Gasteiger partial charge in [0.1, 0.15) is 0 Å². The quantitative estimate of drug-likeness (QED) is 0.304. The fraction of sp³-hybridized carbons (Fsp3) is 0.765. The summed E-state index contributed by atoms with van der Waals surface area (Å²) in [6.07, 6.45) is 1.25. The van der Waals surface area contributed by atoms with Crippen LogP contribution in [0.25, 0.3) is 0 Å². The minimum Gasteiger partial charge on any atom is -0.378 e. The minimum absolute atomic E-state index is 0. The summed E-state index contributed by atoms with van der Waals surface area (Å²) >= 11 is 1.64. The number of thiazole rings is 1.